The lowest BCUT2D eigenvalue weighted by Crippen LogP contribution is -2.62. The van der Waals surface area contributed by atoms with Gasteiger partial charge in [0.15, 0.2) is 18.7 Å². The number of cyclic esters (lactones) is 1. The predicted octanol–water partition coefficient (Wildman–Crippen LogP) is 1.91. The average molecular weight is 765 g/mol. The largest absolute Gasteiger partial charge is 0.633 e. The molecule has 312 valence electrons. The molecule has 0 radical (unpaired) electrons. The van der Waals surface area contributed by atoms with Gasteiger partial charge in [-0.3, -0.25) is 4.79 Å². The molecule has 0 aromatic heterocycles. The maximum atomic E-state index is 14.2. The van der Waals surface area contributed by atoms with Crippen molar-refractivity contribution in [1.29, 1.82) is 0 Å². The molecular weight excluding hydrogens is 692 g/mol. The SMILES string of the molecule is CC[C@H]1OC(=O)[C@H](C)[C@H](O[C@H]2C[C@@](C)(OC)[C@@H](O)[C@H](C)O2)[C@H](C)[C@@H](O[C@@H]2O[C@H](C)C[C@H]([N+](C)(C)[O-])[C@H]2O)[C@](C)(O)C[C@@H](C)CN(C)[C@H](C)[C@H](O)[C@]1(C)O. The number of esters is 1. The Labute approximate surface area is 317 Å². The van der Waals surface area contributed by atoms with E-state index >= 15 is 0 Å². The Balaban J connectivity index is 2.19. The summed E-state index contributed by atoms with van der Waals surface area (Å²) in [6.45, 7) is 17.6. The van der Waals surface area contributed by atoms with E-state index in [4.69, 9.17) is 28.4 Å². The number of hydroxylamine groups is 3. The lowest BCUT2D eigenvalue weighted by Gasteiger charge is -2.51. The van der Waals surface area contributed by atoms with Crippen LogP contribution in [-0.4, -0.2) is 166 Å². The van der Waals surface area contributed by atoms with Crippen LogP contribution >= 0.6 is 0 Å². The van der Waals surface area contributed by atoms with Crippen LogP contribution in [0.2, 0.25) is 0 Å². The van der Waals surface area contributed by atoms with Gasteiger partial charge in [0.05, 0.1) is 55.6 Å². The Morgan fingerprint density at radius 1 is 0.962 bits per heavy atom. The van der Waals surface area contributed by atoms with Gasteiger partial charge in [-0.25, -0.2) is 0 Å². The van der Waals surface area contributed by atoms with Gasteiger partial charge in [0.2, 0.25) is 0 Å². The van der Waals surface area contributed by atoms with Crippen LogP contribution in [0.5, 0.6) is 0 Å². The number of nitrogens with zero attached hydrogens (tertiary/aromatic N) is 2. The van der Waals surface area contributed by atoms with Crippen molar-refractivity contribution >= 4 is 5.97 Å². The quantitative estimate of drug-likeness (QED) is 0.143. The lowest BCUT2D eigenvalue weighted by atomic mass is 9.77. The fraction of sp³-hybridized carbons (Fsp3) is 0.974. The van der Waals surface area contributed by atoms with E-state index < -0.39 is 113 Å². The molecule has 3 aliphatic rings. The van der Waals surface area contributed by atoms with Gasteiger partial charge in [-0.15, -0.1) is 0 Å². The van der Waals surface area contributed by atoms with Gasteiger partial charge < -0.3 is 68.7 Å². The molecule has 0 bridgehead atoms. The van der Waals surface area contributed by atoms with Crippen molar-refractivity contribution in [2.24, 2.45) is 17.8 Å². The second-order valence-electron chi connectivity index (χ2n) is 17.6. The molecule has 3 heterocycles. The first-order chi connectivity index (χ1) is 24.2. The minimum Gasteiger partial charge on any atom is -0.633 e. The summed E-state index contributed by atoms with van der Waals surface area (Å²) < 4.78 is 36.5. The first kappa shape index (κ1) is 46.3. The minimum atomic E-state index is -1.83. The van der Waals surface area contributed by atoms with Crippen LogP contribution in [0.25, 0.3) is 0 Å². The number of aliphatic hydroxyl groups excluding tert-OH is 3. The zero-order valence-electron chi connectivity index (χ0n) is 34.6. The highest BCUT2D eigenvalue weighted by molar-refractivity contribution is 5.73. The smallest absolute Gasteiger partial charge is 0.311 e. The summed E-state index contributed by atoms with van der Waals surface area (Å²) in [5.74, 6) is -2.80. The van der Waals surface area contributed by atoms with Gasteiger partial charge in [-0.2, -0.15) is 0 Å². The molecule has 0 saturated carbocycles. The Kier molecular flexibility index (Phi) is 15.4. The second kappa shape index (κ2) is 17.6. The molecule has 3 aliphatic heterocycles. The van der Waals surface area contributed by atoms with Crippen LogP contribution in [-0.2, 0) is 33.2 Å². The van der Waals surface area contributed by atoms with E-state index in [1.807, 2.05) is 18.9 Å². The summed E-state index contributed by atoms with van der Waals surface area (Å²) in [6.07, 6.45) is -9.60. The molecule has 53 heavy (non-hydrogen) atoms. The monoisotopic (exact) mass is 765 g/mol. The van der Waals surface area contributed by atoms with Crippen molar-refractivity contribution in [1.82, 2.24) is 4.90 Å². The van der Waals surface area contributed by atoms with Gasteiger partial charge in [0, 0.05) is 38.5 Å². The van der Waals surface area contributed by atoms with E-state index in [2.05, 4.69) is 0 Å². The molecule has 3 fully saturated rings. The Morgan fingerprint density at radius 3 is 2.11 bits per heavy atom. The average Bonchev–Trinajstić information content (AvgIpc) is 3.05. The third-order valence-corrected chi connectivity index (χ3v) is 12.3. The molecule has 15 heteroatoms. The maximum absolute atomic E-state index is 14.2. The summed E-state index contributed by atoms with van der Waals surface area (Å²) >= 11 is 0. The molecule has 0 amide bonds. The Hall–Kier alpha value is -1.05. The van der Waals surface area contributed by atoms with Crippen molar-refractivity contribution in [3.8, 4) is 0 Å². The van der Waals surface area contributed by atoms with E-state index in [9.17, 15) is 35.5 Å². The normalized spacial score (nSPS) is 49.1. The van der Waals surface area contributed by atoms with Crippen LogP contribution in [0, 0.1) is 23.0 Å². The molecule has 0 spiro atoms. The number of hydrogen-bond donors (Lipinski definition) is 5. The minimum absolute atomic E-state index is 0.0990. The van der Waals surface area contributed by atoms with Gasteiger partial charge in [0.1, 0.15) is 30.0 Å². The number of aliphatic hydroxyl groups is 5. The van der Waals surface area contributed by atoms with Crippen LogP contribution in [0.1, 0.15) is 94.9 Å². The lowest BCUT2D eigenvalue weighted by molar-refractivity contribution is -0.874. The highest BCUT2D eigenvalue weighted by Crippen LogP contribution is 2.40. The van der Waals surface area contributed by atoms with Gasteiger partial charge in [-0.1, -0.05) is 20.8 Å². The zero-order valence-corrected chi connectivity index (χ0v) is 34.6. The van der Waals surface area contributed by atoms with Crippen LogP contribution < -0.4 is 0 Å². The molecule has 3 rings (SSSR count). The van der Waals surface area contributed by atoms with E-state index in [1.54, 1.807) is 55.4 Å². The number of carbonyl (C=O) groups excluding carboxylic acids is 1. The fourth-order valence-electron chi connectivity index (χ4n) is 8.84. The molecule has 0 unspecified atom stereocenters. The summed E-state index contributed by atoms with van der Waals surface area (Å²) in [7, 11) is 6.21. The van der Waals surface area contributed by atoms with Crippen molar-refractivity contribution in [2.45, 2.75) is 185 Å². The first-order valence-corrected chi connectivity index (χ1v) is 19.3. The highest BCUT2D eigenvalue weighted by atomic mass is 16.7. The molecule has 5 N–H and O–H groups in total. The predicted molar refractivity (Wildman–Crippen MR) is 196 cm³/mol. The van der Waals surface area contributed by atoms with Gasteiger partial charge in [0.25, 0.3) is 0 Å². The molecule has 0 aromatic rings. The molecule has 15 nitrogen and oxygen atoms in total. The third-order valence-electron chi connectivity index (χ3n) is 12.3. The summed E-state index contributed by atoms with van der Waals surface area (Å²) in [6, 6.07) is -1.34. The van der Waals surface area contributed by atoms with Crippen LogP contribution in [0.4, 0.5) is 0 Å². The summed E-state index contributed by atoms with van der Waals surface area (Å²) in [5.41, 5.74) is -4.51. The number of methoxy groups -OCH3 is 1. The topological polar surface area (TPSA) is 200 Å². The number of rotatable bonds is 7. The maximum Gasteiger partial charge on any atom is 0.311 e. The number of quaternary nitrogens is 1. The van der Waals surface area contributed by atoms with Crippen LogP contribution in [0.15, 0.2) is 0 Å². The molecule has 3 saturated heterocycles. The first-order valence-electron chi connectivity index (χ1n) is 19.3. The number of likely N-dealkylation sites (N-methyl/N-ethyl adjacent to an activating group) is 2. The van der Waals surface area contributed by atoms with E-state index in [1.165, 1.54) is 28.1 Å². The highest BCUT2D eigenvalue weighted by Gasteiger charge is 2.53. The number of ether oxygens (including phenoxy) is 6. The molecule has 0 aromatic carbocycles. The van der Waals surface area contributed by atoms with E-state index in [-0.39, 0.29) is 25.2 Å². The molecule has 18 atom stereocenters. The number of hydrogen-bond acceptors (Lipinski definition) is 14. The fourth-order valence-corrected chi connectivity index (χ4v) is 8.84. The van der Waals surface area contributed by atoms with Crippen molar-refractivity contribution in [3.63, 3.8) is 0 Å². The van der Waals surface area contributed by atoms with Gasteiger partial charge in [-0.05, 0) is 74.3 Å². The van der Waals surface area contributed by atoms with Crippen molar-refractivity contribution < 1.29 is 63.4 Å². The standard InChI is InChI=1S/C38H72N2O13/c1-15-27-38(10,46)31(42)24(6)39(11)19-20(2)17-36(8,45)33(53-35-29(41)26(40(12,13)47)16-21(3)49-35)22(4)30(23(5)34(44)51-27)52-28-18-37(9,48-14)32(43)25(7)50-28/h20-33,35,41-43,45-46H,15-19H2,1-14H3/t20-,21-,22+,23-,24-,25+,26+,27-,28+,29-,30-,31+,32+,33-,35+,36-,37-,38-/m1/s1. The summed E-state index contributed by atoms with van der Waals surface area (Å²) in [5, 5.41) is 71.3. The zero-order chi connectivity index (χ0) is 40.6. The van der Waals surface area contributed by atoms with Crippen molar-refractivity contribution in [2.75, 3.05) is 34.8 Å². The van der Waals surface area contributed by atoms with Gasteiger partial charge >= 0.3 is 5.97 Å². The van der Waals surface area contributed by atoms with Crippen molar-refractivity contribution in [3.05, 3.63) is 5.21 Å². The second-order valence-corrected chi connectivity index (χ2v) is 17.6. The van der Waals surface area contributed by atoms with E-state index in [0.717, 1.165) is 0 Å². The Morgan fingerprint density at radius 2 is 1.57 bits per heavy atom. The van der Waals surface area contributed by atoms with E-state index in [0.29, 0.717) is 13.0 Å². The third kappa shape index (κ3) is 10.5. The Bertz CT molecular complexity index is 1190. The molecule has 0 aliphatic carbocycles. The van der Waals surface area contributed by atoms with Crippen LogP contribution in [0.3, 0.4) is 0 Å². The molecular formula is C38H72N2O13. The summed E-state index contributed by atoms with van der Waals surface area (Å²) in [4.78, 5) is 16.1. The number of carbonyl (C=O) groups is 1.